The minimum Gasteiger partial charge on any atom is -0.350 e. The van der Waals surface area contributed by atoms with Gasteiger partial charge in [-0.1, -0.05) is 6.92 Å². The third-order valence-electron chi connectivity index (χ3n) is 4.45. The number of hydrogen-bond acceptors (Lipinski definition) is 4. The van der Waals surface area contributed by atoms with Crippen LogP contribution < -0.4 is 10.6 Å². The Kier molecular flexibility index (Phi) is 3.58. The highest BCUT2D eigenvalue weighted by Gasteiger charge is 2.57. The van der Waals surface area contributed by atoms with E-state index in [-0.39, 0.29) is 11.8 Å². The van der Waals surface area contributed by atoms with Gasteiger partial charge >= 0.3 is 0 Å². The van der Waals surface area contributed by atoms with E-state index in [1.807, 2.05) is 5.38 Å². The van der Waals surface area contributed by atoms with Crippen molar-refractivity contribution >= 4 is 17.2 Å². The number of thiazole rings is 1. The molecular weight excluding hydrogens is 258 g/mol. The van der Waals surface area contributed by atoms with Crippen LogP contribution >= 0.6 is 11.3 Å². The lowest BCUT2D eigenvalue weighted by molar-refractivity contribution is -0.123. The Morgan fingerprint density at radius 3 is 3.05 bits per heavy atom. The molecule has 3 rings (SSSR count). The van der Waals surface area contributed by atoms with Gasteiger partial charge in [0.05, 0.1) is 17.2 Å². The number of aryl methyl sites for hydroxylation is 1. The smallest absolute Gasteiger partial charge is 0.224 e. The van der Waals surface area contributed by atoms with Gasteiger partial charge < -0.3 is 10.6 Å². The van der Waals surface area contributed by atoms with Gasteiger partial charge in [0, 0.05) is 11.3 Å². The lowest BCUT2D eigenvalue weighted by Gasteiger charge is -2.23. The van der Waals surface area contributed by atoms with Crippen molar-refractivity contribution in [2.24, 2.45) is 11.3 Å². The number of piperidine rings is 1. The van der Waals surface area contributed by atoms with Gasteiger partial charge in [-0.15, -0.1) is 11.3 Å². The Labute approximate surface area is 118 Å². The molecule has 1 aromatic heterocycles. The van der Waals surface area contributed by atoms with E-state index in [0.29, 0.717) is 12.0 Å². The van der Waals surface area contributed by atoms with E-state index < -0.39 is 0 Å². The van der Waals surface area contributed by atoms with Gasteiger partial charge in [-0.05, 0) is 44.2 Å². The summed E-state index contributed by atoms with van der Waals surface area (Å²) in [6.07, 6.45) is 4.36. The summed E-state index contributed by atoms with van der Waals surface area (Å²) >= 11 is 1.68. The zero-order valence-corrected chi connectivity index (χ0v) is 12.2. The molecule has 104 valence electrons. The third-order valence-corrected chi connectivity index (χ3v) is 5.49. The van der Waals surface area contributed by atoms with E-state index in [1.165, 1.54) is 0 Å². The summed E-state index contributed by atoms with van der Waals surface area (Å²) in [5.41, 5.74) is 1.32. The average molecular weight is 279 g/mol. The molecule has 0 radical (unpaired) electrons. The molecule has 0 aromatic carbocycles. The van der Waals surface area contributed by atoms with Crippen LogP contribution in [0.15, 0.2) is 5.38 Å². The number of nitrogens with one attached hydrogen (secondary N) is 2. The first-order valence-corrected chi connectivity index (χ1v) is 8.03. The number of aromatic nitrogens is 1. The van der Waals surface area contributed by atoms with Crippen LogP contribution in [0.3, 0.4) is 0 Å². The van der Waals surface area contributed by atoms with Gasteiger partial charge in [-0.3, -0.25) is 4.79 Å². The Hall–Kier alpha value is -0.940. The fraction of sp³-hybridized carbons (Fsp3) is 0.714. The molecule has 2 heterocycles. The number of carbonyl (C=O) groups excluding carboxylic acids is 1. The van der Waals surface area contributed by atoms with Gasteiger partial charge in [0.15, 0.2) is 0 Å². The van der Waals surface area contributed by atoms with E-state index >= 15 is 0 Å². The molecule has 0 bridgehead atoms. The first-order valence-electron chi connectivity index (χ1n) is 7.15. The maximum atomic E-state index is 12.2. The normalized spacial score (nSPS) is 24.4. The van der Waals surface area contributed by atoms with Crippen molar-refractivity contribution in [3.63, 3.8) is 0 Å². The summed E-state index contributed by atoms with van der Waals surface area (Å²) in [6, 6.07) is 0. The summed E-state index contributed by atoms with van der Waals surface area (Å²) in [7, 11) is 0. The van der Waals surface area contributed by atoms with Crippen molar-refractivity contribution in [3.8, 4) is 0 Å². The second kappa shape index (κ2) is 5.21. The number of amides is 1. The molecule has 19 heavy (non-hydrogen) atoms. The largest absolute Gasteiger partial charge is 0.350 e. The molecule has 2 fully saturated rings. The molecule has 4 nitrogen and oxygen atoms in total. The first kappa shape index (κ1) is 13.1. The summed E-state index contributed by atoms with van der Waals surface area (Å²) in [5, 5.41) is 9.61. The maximum absolute atomic E-state index is 12.2. The Bertz CT molecular complexity index is 465. The summed E-state index contributed by atoms with van der Waals surface area (Å²) in [4.78, 5) is 16.7. The van der Waals surface area contributed by atoms with Crippen molar-refractivity contribution in [1.29, 1.82) is 0 Å². The van der Waals surface area contributed by atoms with Gasteiger partial charge in [-0.25, -0.2) is 4.98 Å². The molecule has 1 amide bonds. The van der Waals surface area contributed by atoms with Gasteiger partial charge in [0.2, 0.25) is 5.91 Å². The highest BCUT2D eigenvalue weighted by molar-refractivity contribution is 7.09. The first-order chi connectivity index (χ1) is 9.23. The molecular formula is C14H21N3OS. The number of nitrogens with zero attached hydrogens (tertiary/aromatic N) is 1. The van der Waals surface area contributed by atoms with E-state index in [9.17, 15) is 4.79 Å². The summed E-state index contributed by atoms with van der Waals surface area (Å²) < 4.78 is 0. The second-order valence-electron chi connectivity index (χ2n) is 5.67. The van der Waals surface area contributed by atoms with Crippen LogP contribution in [0, 0.1) is 11.3 Å². The lowest BCUT2D eigenvalue weighted by Crippen LogP contribution is -2.33. The topological polar surface area (TPSA) is 54.0 Å². The van der Waals surface area contributed by atoms with Crippen LogP contribution in [0.25, 0.3) is 0 Å². The fourth-order valence-corrected chi connectivity index (χ4v) is 3.83. The zero-order valence-electron chi connectivity index (χ0n) is 11.4. The second-order valence-corrected chi connectivity index (χ2v) is 6.62. The molecule has 1 atom stereocenters. The van der Waals surface area contributed by atoms with E-state index in [1.54, 1.807) is 11.3 Å². The monoisotopic (exact) mass is 279 g/mol. The van der Waals surface area contributed by atoms with Crippen molar-refractivity contribution in [2.45, 2.75) is 39.2 Å². The molecule has 1 unspecified atom stereocenters. The highest BCUT2D eigenvalue weighted by Crippen LogP contribution is 2.58. The predicted octanol–water partition coefficient (Wildman–Crippen LogP) is 1.71. The van der Waals surface area contributed by atoms with Crippen molar-refractivity contribution < 1.29 is 4.79 Å². The van der Waals surface area contributed by atoms with Crippen molar-refractivity contribution in [2.75, 3.05) is 13.1 Å². The van der Waals surface area contributed by atoms with E-state index in [0.717, 1.165) is 49.5 Å². The van der Waals surface area contributed by atoms with Crippen LogP contribution in [-0.4, -0.2) is 24.0 Å². The number of rotatable bonds is 4. The van der Waals surface area contributed by atoms with E-state index in [2.05, 4.69) is 22.5 Å². The summed E-state index contributed by atoms with van der Waals surface area (Å²) in [6.45, 7) is 4.82. The van der Waals surface area contributed by atoms with Crippen LogP contribution in [0.2, 0.25) is 0 Å². The van der Waals surface area contributed by atoms with Crippen molar-refractivity contribution in [3.05, 3.63) is 16.1 Å². The van der Waals surface area contributed by atoms with Crippen LogP contribution in [0.4, 0.5) is 0 Å². The lowest BCUT2D eigenvalue weighted by atomic mass is 9.92. The molecule has 2 N–H and O–H groups in total. The van der Waals surface area contributed by atoms with Gasteiger partial charge in [0.25, 0.3) is 0 Å². The summed E-state index contributed by atoms with van der Waals surface area (Å²) in [5.74, 6) is 0.479. The Balaban J connectivity index is 1.49. The van der Waals surface area contributed by atoms with E-state index in [4.69, 9.17) is 0 Å². The minimum absolute atomic E-state index is 0.230. The highest BCUT2D eigenvalue weighted by atomic mass is 32.1. The Morgan fingerprint density at radius 2 is 2.37 bits per heavy atom. The number of carbonyl (C=O) groups is 1. The maximum Gasteiger partial charge on any atom is 0.224 e. The standard InChI is InChI=1S/C14H21N3OS/c1-2-12-17-10(9-19-12)8-16-13(18)11-7-14(11)3-5-15-6-4-14/h9,11,15H,2-8H2,1H3,(H,16,18). The minimum atomic E-state index is 0.230. The van der Waals surface area contributed by atoms with Gasteiger partial charge in [0.1, 0.15) is 0 Å². The SMILES string of the molecule is CCc1nc(CNC(=O)C2CC23CCNCC3)cs1. The molecule has 1 saturated heterocycles. The third kappa shape index (κ3) is 2.67. The van der Waals surface area contributed by atoms with Crippen LogP contribution in [0.1, 0.15) is 36.9 Å². The molecule has 2 aliphatic rings. The van der Waals surface area contributed by atoms with Crippen LogP contribution in [0.5, 0.6) is 0 Å². The fourth-order valence-electron chi connectivity index (χ4n) is 3.09. The molecule has 1 aliphatic carbocycles. The Morgan fingerprint density at radius 1 is 1.58 bits per heavy atom. The zero-order chi connectivity index (χ0) is 13.3. The quantitative estimate of drug-likeness (QED) is 0.882. The molecule has 1 saturated carbocycles. The average Bonchev–Trinajstić information content (AvgIpc) is 2.93. The van der Waals surface area contributed by atoms with Crippen molar-refractivity contribution in [1.82, 2.24) is 15.6 Å². The molecule has 1 aliphatic heterocycles. The molecule has 1 spiro atoms. The predicted molar refractivity (Wildman–Crippen MR) is 76.0 cm³/mol. The number of hydrogen-bond donors (Lipinski definition) is 2. The molecule has 5 heteroatoms. The van der Waals surface area contributed by atoms with Gasteiger partial charge in [-0.2, -0.15) is 0 Å². The molecule has 1 aromatic rings. The van der Waals surface area contributed by atoms with Crippen LogP contribution in [-0.2, 0) is 17.8 Å².